The highest BCUT2D eigenvalue weighted by Crippen LogP contribution is 2.42. The molecular formula is C24H19N5O3S. The summed E-state index contributed by atoms with van der Waals surface area (Å²) in [5.74, 6) is 0.170. The second-order valence-corrected chi connectivity index (χ2v) is 7.98. The highest BCUT2D eigenvalue weighted by atomic mass is 32.1. The summed E-state index contributed by atoms with van der Waals surface area (Å²) in [6, 6.07) is 22.5. The van der Waals surface area contributed by atoms with Crippen LogP contribution in [0.2, 0.25) is 0 Å². The van der Waals surface area contributed by atoms with Crippen molar-refractivity contribution in [2.45, 2.75) is 12.1 Å². The first-order chi connectivity index (χ1) is 16.0. The number of non-ortho nitro benzene ring substituents is 1. The van der Waals surface area contributed by atoms with E-state index in [1.807, 2.05) is 58.1 Å². The van der Waals surface area contributed by atoms with Gasteiger partial charge >= 0.3 is 0 Å². The smallest absolute Gasteiger partial charge is 0.269 e. The molecule has 8 nitrogen and oxygen atoms in total. The molecule has 0 saturated carbocycles. The number of anilines is 1. The van der Waals surface area contributed by atoms with E-state index in [0.717, 1.165) is 22.8 Å². The minimum absolute atomic E-state index is 0.0354. The van der Waals surface area contributed by atoms with Crippen LogP contribution < -0.4 is 10.2 Å². The first kappa shape index (κ1) is 20.7. The van der Waals surface area contributed by atoms with Crippen molar-refractivity contribution >= 4 is 28.7 Å². The lowest BCUT2D eigenvalue weighted by Crippen LogP contribution is -2.30. The summed E-state index contributed by atoms with van der Waals surface area (Å²) in [7, 11) is 0. The summed E-state index contributed by atoms with van der Waals surface area (Å²) in [6.07, 6.45) is 3.66. The summed E-state index contributed by atoms with van der Waals surface area (Å²) in [5, 5.41) is 24.8. The van der Waals surface area contributed by atoms with Gasteiger partial charge in [0.2, 0.25) is 0 Å². The number of aromatic hydroxyl groups is 1. The fourth-order valence-corrected chi connectivity index (χ4v) is 4.50. The van der Waals surface area contributed by atoms with Gasteiger partial charge in [0.1, 0.15) is 11.8 Å². The van der Waals surface area contributed by atoms with E-state index in [0.29, 0.717) is 5.11 Å². The van der Waals surface area contributed by atoms with Gasteiger partial charge in [-0.3, -0.25) is 15.1 Å². The zero-order chi connectivity index (χ0) is 22.9. The van der Waals surface area contributed by atoms with Crippen LogP contribution in [0.15, 0.2) is 91.3 Å². The molecule has 1 aliphatic rings. The van der Waals surface area contributed by atoms with Gasteiger partial charge in [-0.05, 0) is 72.9 Å². The van der Waals surface area contributed by atoms with Crippen LogP contribution >= 0.6 is 12.2 Å². The summed E-state index contributed by atoms with van der Waals surface area (Å²) in [4.78, 5) is 17.2. The van der Waals surface area contributed by atoms with Gasteiger partial charge in [-0.25, -0.2) is 0 Å². The van der Waals surface area contributed by atoms with E-state index in [1.54, 1.807) is 30.5 Å². The SMILES string of the molecule is O=[N+]([O-])c1ccc(-n2cccc2[C@H]2[C@@H](c3ccccn3)NC(=S)N2c2ccc(O)cc2)cc1. The Morgan fingerprint density at radius 1 is 0.970 bits per heavy atom. The van der Waals surface area contributed by atoms with Gasteiger partial charge in [-0.2, -0.15) is 0 Å². The maximum atomic E-state index is 11.1. The third-order valence-corrected chi connectivity index (χ3v) is 5.96. The second kappa shape index (κ2) is 8.36. The van der Waals surface area contributed by atoms with Crippen molar-refractivity contribution in [1.82, 2.24) is 14.9 Å². The Kier molecular flexibility index (Phi) is 5.23. The lowest BCUT2D eigenvalue weighted by atomic mass is 10.0. The van der Waals surface area contributed by atoms with Gasteiger partial charge in [0, 0.05) is 41.6 Å². The van der Waals surface area contributed by atoms with Crippen molar-refractivity contribution in [3.8, 4) is 11.4 Å². The number of aromatic nitrogens is 2. The molecule has 2 N–H and O–H groups in total. The van der Waals surface area contributed by atoms with Gasteiger partial charge in [-0.15, -0.1) is 0 Å². The van der Waals surface area contributed by atoms with Crippen molar-refractivity contribution in [2.75, 3.05) is 4.90 Å². The van der Waals surface area contributed by atoms with Crippen LogP contribution in [0.25, 0.3) is 5.69 Å². The van der Waals surface area contributed by atoms with Crippen molar-refractivity contribution in [1.29, 1.82) is 0 Å². The minimum atomic E-state index is -0.413. The van der Waals surface area contributed by atoms with Crippen LogP contribution in [0.1, 0.15) is 23.5 Å². The Balaban J connectivity index is 1.63. The molecule has 0 radical (unpaired) electrons. The largest absolute Gasteiger partial charge is 0.508 e. The molecule has 2 aromatic heterocycles. The second-order valence-electron chi connectivity index (χ2n) is 7.59. The molecule has 0 aliphatic carbocycles. The third-order valence-electron chi connectivity index (χ3n) is 5.65. The normalized spacial score (nSPS) is 17.7. The van der Waals surface area contributed by atoms with Crippen molar-refractivity contribution < 1.29 is 10.0 Å². The summed E-state index contributed by atoms with van der Waals surface area (Å²) < 4.78 is 1.99. The van der Waals surface area contributed by atoms with Crippen LogP contribution in [0, 0.1) is 10.1 Å². The first-order valence-electron chi connectivity index (χ1n) is 10.2. The number of nitrogens with zero attached hydrogens (tertiary/aromatic N) is 4. The van der Waals surface area contributed by atoms with Gasteiger partial charge < -0.3 is 19.9 Å². The average molecular weight is 458 g/mol. The first-order valence-corrected chi connectivity index (χ1v) is 10.7. The number of hydrogen-bond acceptors (Lipinski definition) is 5. The number of nitro benzene ring substituents is 1. The quantitative estimate of drug-likeness (QED) is 0.256. The number of thiocarbonyl (C=S) groups is 1. The Morgan fingerprint density at radius 2 is 1.70 bits per heavy atom. The molecule has 0 spiro atoms. The molecule has 1 aliphatic heterocycles. The predicted molar refractivity (Wildman–Crippen MR) is 128 cm³/mol. The fraction of sp³-hybridized carbons (Fsp3) is 0.0833. The van der Waals surface area contributed by atoms with Crippen LogP contribution in [0.3, 0.4) is 0 Å². The third kappa shape index (κ3) is 3.79. The Labute approximate surface area is 194 Å². The lowest BCUT2D eigenvalue weighted by molar-refractivity contribution is -0.384. The zero-order valence-electron chi connectivity index (χ0n) is 17.3. The summed E-state index contributed by atoms with van der Waals surface area (Å²) in [6.45, 7) is 0. The van der Waals surface area contributed by atoms with Crippen LogP contribution in [0.5, 0.6) is 5.75 Å². The van der Waals surface area contributed by atoms with Crippen LogP contribution in [-0.4, -0.2) is 24.7 Å². The van der Waals surface area contributed by atoms with Crippen molar-refractivity contribution in [2.24, 2.45) is 0 Å². The van der Waals surface area contributed by atoms with E-state index in [2.05, 4.69) is 10.3 Å². The van der Waals surface area contributed by atoms with E-state index in [-0.39, 0.29) is 23.5 Å². The number of pyridine rings is 1. The monoisotopic (exact) mass is 457 g/mol. The number of phenolic OH excluding ortho intramolecular Hbond substituents is 1. The summed E-state index contributed by atoms with van der Waals surface area (Å²) in [5.41, 5.74) is 3.42. The standard InChI is InChI=1S/C24H19N5O3S/c30-19-12-10-17(11-13-19)28-23(22(26-24(28)33)20-4-1-2-14-25-20)21-5-3-15-27(21)16-6-8-18(9-7-16)29(31)32/h1-15,22-23,30H,(H,26,33)/t22-,23+/m1/s1. The van der Waals surface area contributed by atoms with Gasteiger partial charge in [0.25, 0.3) is 5.69 Å². The topological polar surface area (TPSA) is 96.5 Å². The zero-order valence-corrected chi connectivity index (χ0v) is 18.1. The Morgan fingerprint density at radius 3 is 2.36 bits per heavy atom. The van der Waals surface area contributed by atoms with Gasteiger partial charge in [0.15, 0.2) is 5.11 Å². The number of phenols is 1. The maximum absolute atomic E-state index is 11.1. The maximum Gasteiger partial charge on any atom is 0.269 e. The highest BCUT2D eigenvalue weighted by molar-refractivity contribution is 7.80. The van der Waals surface area contributed by atoms with Crippen LogP contribution in [0.4, 0.5) is 11.4 Å². The predicted octanol–water partition coefficient (Wildman–Crippen LogP) is 4.66. The minimum Gasteiger partial charge on any atom is -0.508 e. The molecule has 9 heteroatoms. The molecule has 33 heavy (non-hydrogen) atoms. The molecule has 5 rings (SSSR count). The fourth-order valence-electron chi connectivity index (χ4n) is 4.15. The number of benzene rings is 2. The number of rotatable bonds is 5. The van der Waals surface area contributed by atoms with E-state index in [1.165, 1.54) is 12.1 Å². The molecular weight excluding hydrogens is 438 g/mol. The van der Waals surface area contributed by atoms with E-state index in [4.69, 9.17) is 12.2 Å². The molecule has 0 unspecified atom stereocenters. The molecule has 164 valence electrons. The number of nitrogens with one attached hydrogen (secondary N) is 1. The van der Waals surface area contributed by atoms with Crippen molar-refractivity contribution in [3.05, 3.63) is 113 Å². The molecule has 2 atom stereocenters. The van der Waals surface area contributed by atoms with Gasteiger partial charge in [0.05, 0.1) is 16.7 Å². The van der Waals surface area contributed by atoms with E-state index >= 15 is 0 Å². The molecule has 0 bridgehead atoms. The summed E-state index contributed by atoms with van der Waals surface area (Å²) >= 11 is 5.73. The molecule has 1 saturated heterocycles. The molecule has 3 heterocycles. The lowest BCUT2D eigenvalue weighted by Gasteiger charge is -2.29. The van der Waals surface area contributed by atoms with E-state index < -0.39 is 4.92 Å². The Bertz CT molecular complexity index is 1310. The Hall–Kier alpha value is -4.24. The molecule has 0 amide bonds. The highest BCUT2D eigenvalue weighted by Gasteiger charge is 2.42. The molecule has 4 aromatic rings. The number of hydrogen-bond donors (Lipinski definition) is 2. The molecule has 2 aromatic carbocycles. The van der Waals surface area contributed by atoms with Crippen LogP contribution in [-0.2, 0) is 0 Å². The average Bonchev–Trinajstić information content (AvgIpc) is 3.44. The number of nitro groups is 1. The molecule has 1 fully saturated rings. The van der Waals surface area contributed by atoms with Crippen molar-refractivity contribution in [3.63, 3.8) is 0 Å². The van der Waals surface area contributed by atoms with E-state index in [9.17, 15) is 15.2 Å². The van der Waals surface area contributed by atoms with Gasteiger partial charge in [-0.1, -0.05) is 6.07 Å².